The zero-order valence-electron chi connectivity index (χ0n) is 9.86. The molecule has 0 aromatic heterocycles. The molecule has 0 saturated carbocycles. The maximum absolute atomic E-state index is 10.8. The van der Waals surface area contributed by atoms with Gasteiger partial charge < -0.3 is 9.64 Å². The van der Waals surface area contributed by atoms with Crippen LogP contribution in [0.25, 0.3) is 0 Å². The molecule has 16 heavy (non-hydrogen) atoms. The lowest BCUT2D eigenvalue weighted by molar-refractivity contribution is -0.00468. The SMILES string of the molecule is COC1CN(CCCS(=O)(=O)Cl)CCC1C. The number of likely N-dealkylation sites (tertiary alicyclic amines) is 1. The first kappa shape index (κ1) is 14.2. The second-order valence-electron chi connectivity index (χ2n) is 4.44. The molecule has 0 spiro atoms. The highest BCUT2D eigenvalue weighted by atomic mass is 35.7. The zero-order valence-corrected chi connectivity index (χ0v) is 11.4. The number of hydrogen-bond donors (Lipinski definition) is 0. The maximum Gasteiger partial charge on any atom is 0.232 e. The monoisotopic (exact) mass is 269 g/mol. The summed E-state index contributed by atoms with van der Waals surface area (Å²) in [5.41, 5.74) is 0. The molecular weight excluding hydrogens is 250 g/mol. The summed E-state index contributed by atoms with van der Waals surface area (Å²) < 4.78 is 26.9. The fraction of sp³-hybridized carbons (Fsp3) is 1.00. The molecule has 1 heterocycles. The van der Waals surface area contributed by atoms with Crippen LogP contribution < -0.4 is 0 Å². The zero-order chi connectivity index (χ0) is 12.2. The van der Waals surface area contributed by atoms with Gasteiger partial charge >= 0.3 is 0 Å². The van der Waals surface area contributed by atoms with E-state index in [2.05, 4.69) is 11.8 Å². The van der Waals surface area contributed by atoms with E-state index in [0.717, 1.165) is 26.1 Å². The van der Waals surface area contributed by atoms with Crippen molar-refractivity contribution in [2.75, 3.05) is 32.5 Å². The van der Waals surface area contributed by atoms with Gasteiger partial charge in [0.15, 0.2) is 0 Å². The molecular formula is C10H20ClNO3S. The molecule has 0 N–H and O–H groups in total. The van der Waals surface area contributed by atoms with E-state index in [0.29, 0.717) is 12.3 Å². The minimum Gasteiger partial charge on any atom is -0.380 e. The largest absolute Gasteiger partial charge is 0.380 e. The molecule has 96 valence electrons. The number of rotatable bonds is 5. The van der Waals surface area contributed by atoms with E-state index >= 15 is 0 Å². The Morgan fingerprint density at radius 3 is 2.75 bits per heavy atom. The Kier molecular flexibility index (Phi) is 5.50. The highest BCUT2D eigenvalue weighted by molar-refractivity contribution is 8.13. The first-order valence-electron chi connectivity index (χ1n) is 5.60. The maximum atomic E-state index is 10.8. The molecule has 0 aromatic carbocycles. The molecule has 0 bridgehead atoms. The molecule has 2 atom stereocenters. The lowest BCUT2D eigenvalue weighted by Crippen LogP contribution is -2.44. The Labute approximate surface area is 102 Å². The molecule has 1 aliphatic heterocycles. The van der Waals surface area contributed by atoms with Crippen LogP contribution in [0.1, 0.15) is 19.8 Å². The summed E-state index contributed by atoms with van der Waals surface area (Å²) >= 11 is 0. The smallest absolute Gasteiger partial charge is 0.232 e. The van der Waals surface area contributed by atoms with Crippen LogP contribution in [-0.4, -0.2) is 51.9 Å². The number of methoxy groups -OCH3 is 1. The molecule has 1 rings (SSSR count). The number of nitrogens with zero attached hydrogens (tertiary/aromatic N) is 1. The fourth-order valence-corrected chi connectivity index (χ4v) is 2.87. The van der Waals surface area contributed by atoms with Gasteiger partial charge in [0.05, 0.1) is 11.9 Å². The number of ether oxygens (including phenoxy) is 1. The third kappa shape index (κ3) is 4.99. The third-order valence-corrected chi connectivity index (χ3v) is 4.38. The van der Waals surface area contributed by atoms with Gasteiger partial charge in [-0.1, -0.05) is 6.92 Å². The second-order valence-corrected chi connectivity index (χ2v) is 7.33. The molecule has 0 radical (unpaired) electrons. The predicted molar refractivity (Wildman–Crippen MR) is 65.3 cm³/mol. The van der Waals surface area contributed by atoms with E-state index < -0.39 is 9.05 Å². The second kappa shape index (κ2) is 6.19. The Balaban J connectivity index is 2.28. The van der Waals surface area contributed by atoms with Gasteiger partial charge in [0.1, 0.15) is 0 Å². The average Bonchev–Trinajstić information content (AvgIpc) is 2.18. The summed E-state index contributed by atoms with van der Waals surface area (Å²) in [5.74, 6) is 0.635. The van der Waals surface area contributed by atoms with Crippen LogP contribution in [0.5, 0.6) is 0 Å². The highest BCUT2D eigenvalue weighted by Crippen LogP contribution is 2.19. The summed E-state index contributed by atoms with van der Waals surface area (Å²) in [5, 5.41) is 0. The van der Waals surface area contributed by atoms with Crippen LogP contribution in [0.15, 0.2) is 0 Å². The highest BCUT2D eigenvalue weighted by Gasteiger charge is 2.25. The van der Waals surface area contributed by atoms with Gasteiger partial charge in [0, 0.05) is 24.3 Å². The summed E-state index contributed by atoms with van der Waals surface area (Å²) in [6.07, 6.45) is 1.96. The fourth-order valence-electron chi connectivity index (χ4n) is 2.07. The van der Waals surface area contributed by atoms with E-state index in [9.17, 15) is 8.42 Å². The van der Waals surface area contributed by atoms with Crippen LogP contribution >= 0.6 is 10.7 Å². The standard InChI is InChI=1S/C10H20ClNO3S/c1-9-4-6-12(8-10(9)15-2)5-3-7-16(11,13)14/h9-10H,3-8H2,1-2H3. The first-order valence-corrected chi connectivity index (χ1v) is 8.07. The van der Waals surface area contributed by atoms with E-state index in [1.807, 2.05) is 0 Å². The number of hydrogen-bond acceptors (Lipinski definition) is 4. The van der Waals surface area contributed by atoms with Crippen LogP contribution in [0.2, 0.25) is 0 Å². The van der Waals surface area contributed by atoms with Gasteiger partial charge in [-0.15, -0.1) is 0 Å². The van der Waals surface area contributed by atoms with Crippen LogP contribution in [0, 0.1) is 5.92 Å². The molecule has 6 heteroatoms. The summed E-state index contributed by atoms with van der Waals surface area (Å²) in [7, 11) is 3.55. The van der Waals surface area contributed by atoms with Crippen molar-refractivity contribution >= 4 is 19.7 Å². The van der Waals surface area contributed by atoms with E-state index in [1.165, 1.54) is 0 Å². The van der Waals surface area contributed by atoms with Crippen molar-refractivity contribution in [3.63, 3.8) is 0 Å². The van der Waals surface area contributed by atoms with Gasteiger partial charge in [-0.05, 0) is 31.8 Å². The van der Waals surface area contributed by atoms with Gasteiger partial charge in [-0.25, -0.2) is 8.42 Å². The molecule has 0 aromatic rings. The van der Waals surface area contributed by atoms with Gasteiger partial charge in [0.25, 0.3) is 0 Å². The third-order valence-electron chi connectivity index (χ3n) is 3.14. The van der Waals surface area contributed by atoms with Crippen LogP contribution in [0.3, 0.4) is 0 Å². The minimum atomic E-state index is -3.34. The summed E-state index contributed by atoms with van der Waals surface area (Å²) in [4.78, 5) is 2.25. The van der Waals surface area contributed by atoms with Crippen molar-refractivity contribution < 1.29 is 13.2 Å². The molecule has 0 aliphatic carbocycles. The van der Waals surface area contributed by atoms with Crippen molar-refractivity contribution in [2.45, 2.75) is 25.9 Å². The predicted octanol–water partition coefficient (Wildman–Crippen LogP) is 1.30. The average molecular weight is 270 g/mol. The lowest BCUT2D eigenvalue weighted by atomic mass is 9.96. The topological polar surface area (TPSA) is 46.6 Å². The minimum absolute atomic E-state index is 0.0538. The van der Waals surface area contributed by atoms with E-state index in [1.54, 1.807) is 7.11 Å². The molecule has 0 amide bonds. The van der Waals surface area contributed by atoms with Gasteiger partial charge in [-0.2, -0.15) is 0 Å². The lowest BCUT2D eigenvalue weighted by Gasteiger charge is -2.36. The Morgan fingerprint density at radius 2 is 2.19 bits per heavy atom. The van der Waals surface area contributed by atoms with Crippen molar-refractivity contribution in [3.8, 4) is 0 Å². The Bertz CT molecular complexity index is 307. The van der Waals surface area contributed by atoms with Crippen LogP contribution in [-0.2, 0) is 13.8 Å². The van der Waals surface area contributed by atoms with Crippen LogP contribution in [0.4, 0.5) is 0 Å². The van der Waals surface area contributed by atoms with Crippen molar-refractivity contribution in [3.05, 3.63) is 0 Å². The normalized spacial score (nSPS) is 28.2. The van der Waals surface area contributed by atoms with Crippen molar-refractivity contribution in [1.82, 2.24) is 4.90 Å². The van der Waals surface area contributed by atoms with Crippen molar-refractivity contribution in [2.24, 2.45) is 5.92 Å². The van der Waals surface area contributed by atoms with Gasteiger partial charge in [0.2, 0.25) is 9.05 Å². The first-order chi connectivity index (χ1) is 7.42. The Hall–Kier alpha value is 0.160. The molecule has 1 fully saturated rings. The van der Waals surface area contributed by atoms with E-state index in [-0.39, 0.29) is 11.9 Å². The summed E-state index contributed by atoms with van der Waals surface area (Å²) in [6.45, 7) is 4.87. The molecule has 1 saturated heterocycles. The Morgan fingerprint density at radius 1 is 1.50 bits per heavy atom. The molecule has 1 aliphatic rings. The number of piperidine rings is 1. The van der Waals surface area contributed by atoms with E-state index in [4.69, 9.17) is 15.4 Å². The summed E-state index contributed by atoms with van der Waals surface area (Å²) in [6, 6.07) is 0. The van der Waals surface area contributed by atoms with Crippen molar-refractivity contribution in [1.29, 1.82) is 0 Å². The van der Waals surface area contributed by atoms with Gasteiger partial charge in [-0.3, -0.25) is 0 Å². The molecule has 2 unspecified atom stereocenters. The molecule has 4 nitrogen and oxygen atoms in total. The quantitative estimate of drug-likeness (QED) is 0.706. The number of halogens is 1.